The molecule has 4 aromatic rings. The molecule has 0 bridgehead atoms. The molecule has 0 saturated carbocycles. The number of hydrogen-bond donors (Lipinski definition) is 2. The van der Waals surface area contributed by atoms with E-state index in [0.717, 1.165) is 21.2 Å². The predicted octanol–water partition coefficient (Wildman–Crippen LogP) is 5.86. The third-order valence-electron chi connectivity index (χ3n) is 4.60. The molecule has 2 aromatic heterocycles. The first kappa shape index (κ1) is 20.8. The van der Waals surface area contributed by atoms with Crippen LogP contribution in [0, 0.1) is 6.92 Å². The summed E-state index contributed by atoms with van der Waals surface area (Å²) in [5, 5.41) is 8.24. The fraction of sp³-hybridized carbons (Fsp3) is 0.0870. The summed E-state index contributed by atoms with van der Waals surface area (Å²) in [6.07, 6.45) is 1.44. The van der Waals surface area contributed by atoms with Crippen molar-refractivity contribution in [1.29, 1.82) is 0 Å². The highest BCUT2D eigenvalue weighted by Crippen LogP contribution is 2.35. The van der Waals surface area contributed by atoms with Crippen molar-refractivity contribution in [2.75, 3.05) is 5.32 Å². The standard InChI is InChI=1S/C23H18ClN3O3S/c1-13-8-9-17-19(11-13)31-21(20(17)24)23(29)27-26-14(2)15-5-3-6-16(12-15)25-22(28)18-7-4-10-30-18/h3-12H,1-2H3,(H,25,28)(H,27,29). The zero-order valence-electron chi connectivity index (χ0n) is 16.7. The number of benzene rings is 2. The molecule has 0 atom stereocenters. The number of halogens is 1. The number of hydrazone groups is 1. The molecule has 0 aliphatic heterocycles. The molecule has 156 valence electrons. The van der Waals surface area contributed by atoms with Crippen LogP contribution in [0.25, 0.3) is 10.1 Å². The number of carbonyl (C=O) groups excluding carboxylic acids is 2. The summed E-state index contributed by atoms with van der Waals surface area (Å²) in [5.74, 6) is -0.497. The summed E-state index contributed by atoms with van der Waals surface area (Å²) in [4.78, 5) is 25.2. The van der Waals surface area contributed by atoms with E-state index in [2.05, 4.69) is 15.8 Å². The van der Waals surface area contributed by atoms with E-state index >= 15 is 0 Å². The first-order valence-corrected chi connectivity index (χ1v) is 10.6. The van der Waals surface area contributed by atoms with Gasteiger partial charge in [-0.25, -0.2) is 5.43 Å². The Kier molecular flexibility index (Phi) is 5.88. The highest BCUT2D eigenvalue weighted by Gasteiger charge is 2.17. The lowest BCUT2D eigenvalue weighted by atomic mass is 10.1. The Bertz CT molecular complexity index is 1310. The van der Waals surface area contributed by atoms with Crippen LogP contribution in [0.4, 0.5) is 5.69 Å². The van der Waals surface area contributed by atoms with E-state index in [1.54, 1.807) is 37.3 Å². The highest BCUT2D eigenvalue weighted by molar-refractivity contribution is 7.21. The molecule has 2 N–H and O–H groups in total. The molecule has 4 rings (SSSR count). The summed E-state index contributed by atoms with van der Waals surface area (Å²) in [7, 11) is 0. The molecule has 0 saturated heterocycles. The van der Waals surface area contributed by atoms with Crippen LogP contribution in [0.2, 0.25) is 5.02 Å². The lowest BCUT2D eigenvalue weighted by Crippen LogP contribution is -2.18. The van der Waals surface area contributed by atoms with Gasteiger partial charge in [-0.3, -0.25) is 9.59 Å². The van der Waals surface area contributed by atoms with Gasteiger partial charge in [0, 0.05) is 15.8 Å². The van der Waals surface area contributed by atoms with Crippen molar-refractivity contribution in [2.45, 2.75) is 13.8 Å². The monoisotopic (exact) mass is 451 g/mol. The van der Waals surface area contributed by atoms with E-state index in [0.29, 0.717) is 21.3 Å². The number of nitrogens with zero attached hydrogens (tertiary/aromatic N) is 1. The molecule has 0 aliphatic carbocycles. The molecule has 2 aromatic carbocycles. The van der Waals surface area contributed by atoms with Gasteiger partial charge in [-0.05, 0) is 55.3 Å². The van der Waals surface area contributed by atoms with Crippen LogP contribution in [0.5, 0.6) is 0 Å². The number of rotatable bonds is 5. The van der Waals surface area contributed by atoms with E-state index in [9.17, 15) is 9.59 Å². The van der Waals surface area contributed by atoms with Gasteiger partial charge < -0.3 is 9.73 Å². The van der Waals surface area contributed by atoms with Gasteiger partial charge >= 0.3 is 0 Å². The quantitative estimate of drug-likeness (QED) is 0.294. The largest absolute Gasteiger partial charge is 0.459 e. The second kappa shape index (κ2) is 8.75. The normalized spacial score (nSPS) is 11.5. The first-order valence-electron chi connectivity index (χ1n) is 9.41. The Hall–Kier alpha value is -3.42. The Morgan fingerprint density at radius 2 is 1.90 bits per heavy atom. The Morgan fingerprint density at radius 1 is 1.06 bits per heavy atom. The average Bonchev–Trinajstić information content (AvgIpc) is 3.40. The van der Waals surface area contributed by atoms with Crippen molar-refractivity contribution in [3.05, 3.63) is 87.6 Å². The smallest absolute Gasteiger partial charge is 0.291 e. The Labute approximate surface area is 187 Å². The van der Waals surface area contributed by atoms with Gasteiger partial charge in [0.15, 0.2) is 5.76 Å². The number of aryl methyl sites for hydroxylation is 1. The summed E-state index contributed by atoms with van der Waals surface area (Å²) >= 11 is 7.73. The number of furan rings is 1. The minimum absolute atomic E-state index is 0.221. The molecular formula is C23H18ClN3O3S. The third kappa shape index (κ3) is 4.52. The van der Waals surface area contributed by atoms with Gasteiger partial charge in [-0.2, -0.15) is 5.10 Å². The second-order valence-electron chi connectivity index (χ2n) is 6.90. The van der Waals surface area contributed by atoms with E-state index in [-0.39, 0.29) is 17.6 Å². The zero-order chi connectivity index (χ0) is 22.0. The van der Waals surface area contributed by atoms with Gasteiger partial charge in [0.1, 0.15) is 4.88 Å². The van der Waals surface area contributed by atoms with Crippen molar-refractivity contribution >= 4 is 56.2 Å². The highest BCUT2D eigenvalue weighted by atomic mass is 35.5. The van der Waals surface area contributed by atoms with E-state index in [4.69, 9.17) is 16.0 Å². The fourth-order valence-electron chi connectivity index (χ4n) is 2.99. The fourth-order valence-corrected chi connectivity index (χ4v) is 4.50. The van der Waals surface area contributed by atoms with Crippen molar-refractivity contribution in [3.8, 4) is 0 Å². The van der Waals surface area contributed by atoms with Gasteiger partial charge in [0.05, 0.1) is 17.0 Å². The van der Waals surface area contributed by atoms with Crippen molar-refractivity contribution in [2.24, 2.45) is 5.10 Å². The molecule has 31 heavy (non-hydrogen) atoms. The number of hydrogen-bond acceptors (Lipinski definition) is 5. The second-order valence-corrected chi connectivity index (χ2v) is 8.33. The number of amides is 2. The Morgan fingerprint density at radius 3 is 2.68 bits per heavy atom. The van der Waals surface area contributed by atoms with Crippen LogP contribution >= 0.6 is 22.9 Å². The van der Waals surface area contributed by atoms with Crippen molar-refractivity contribution < 1.29 is 14.0 Å². The molecule has 2 amide bonds. The molecule has 0 radical (unpaired) electrons. The summed E-state index contributed by atoms with van der Waals surface area (Å²) < 4.78 is 6.05. The van der Waals surface area contributed by atoms with Crippen LogP contribution in [0.15, 0.2) is 70.4 Å². The summed E-state index contributed by atoms with van der Waals surface area (Å²) in [6.45, 7) is 3.76. The summed E-state index contributed by atoms with van der Waals surface area (Å²) in [6, 6.07) is 16.3. The average molecular weight is 452 g/mol. The van der Waals surface area contributed by atoms with Gasteiger partial charge in [0.2, 0.25) is 0 Å². The minimum atomic E-state index is -0.370. The number of anilines is 1. The SMILES string of the molecule is CC(=NNC(=O)c1sc2cc(C)ccc2c1Cl)c1cccc(NC(=O)c2ccco2)c1. The lowest BCUT2D eigenvalue weighted by Gasteiger charge is -2.07. The molecule has 0 spiro atoms. The minimum Gasteiger partial charge on any atom is -0.459 e. The van der Waals surface area contributed by atoms with Crippen LogP contribution in [-0.2, 0) is 0 Å². The third-order valence-corrected chi connectivity index (χ3v) is 6.26. The lowest BCUT2D eigenvalue weighted by molar-refractivity contribution is 0.0957. The molecule has 0 aliphatic rings. The Balaban J connectivity index is 1.49. The molecule has 0 unspecified atom stereocenters. The van der Waals surface area contributed by atoms with Crippen LogP contribution in [0.3, 0.4) is 0 Å². The van der Waals surface area contributed by atoms with Crippen molar-refractivity contribution in [3.63, 3.8) is 0 Å². The van der Waals surface area contributed by atoms with E-state index in [1.807, 2.05) is 31.2 Å². The number of fused-ring (bicyclic) bond motifs is 1. The van der Waals surface area contributed by atoms with Gasteiger partial charge in [-0.1, -0.05) is 35.9 Å². The first-order chi connectivity index (χ1) is 14.9. The number of thiophene rings is 1. The van der Waals surface area contributed by atoms with Crippen LogP contribution < -0.4 is 10.7 Å². The van der Waals surface area contributed by atoms with Crippen LogP contribution in [-0.4, -0.2) is 17.5 Å². The van der Waals surface area contributed by atoms with Gasteiger partial charge in [0.25, 0.3) is 11.8 Å². The number of carbonyl (C=O) groups is 2. The topological polar surface area (TPSA) is 83.7 Å². The van der Waals surface area contributed by atoms with Crippen LogP contribution in [0.1, 0.15) is 38.3 Å². The van der Waals surface area contributed by atoms with E-state index < -0.39 is 0 Å². The van der Waals surface area contributed by atoms with Gasteiger partial charge in [-0.15, -0.1) is 11.3 Å². The molecule has 8 heteroatoms. The zero-order valence-corrected chi connectivity index (χ0v) is 18.3. The molecular weight excluding hydrogens is 434 g/mol. The molecule has 2 heterocycles. The molecule has 6 nitrogen and oxygen atoms in total. The molecule has 0 fully saturated rings. The van der Waals surface area contributed by atoms with E-state index in [1.165, 1.54) is 17.6 Å². The van der Waals surface area contributed by atoms with Crippen molar-refractivity contribution in [1.82, 2.24) is 5.43 Å². The maximum Gasteiger partial charge on any atom is 0.291 e. The predicted molar refractivity (Wildman–Crippen MR) is 124 cm³/mol. The summed E-state index contributed by atoms with van der Waals surface area (Å²) in [5.41, 5.74) is 5.58. The maximum absolute atomic E-state index is 12.6. The number of nitrogens with one attached hydrogen (secondary N) is 2. The maximum atomic E-state index is 12.6.